The van der Waals surface area contributed by atoms with Crippen LogP contribution in [0.2, 0.25) is 0 Å². The van der Waals surface area contributed by atoms with Gasteiger partial charge in [-0.15, -0.1) is 0 Å². The first-order chi connectivity index (χ1) is 9.63. The molecule has 0 aromatic rings. The summed E-state index contributed by atoms with van der Waals surface area (Å²) in [5.41, 5.74) is 0.0136. The molecule has 3 unspecified atom stereocenters. The maximum Gasteiger partial charge on any atom is 0.0616 e. The summed E-state index contributed by atoms with van der Waals surface area (Å²) in [7, 11) is 2.28. The lowest BCUT2D eigenvalue weighted by atomic mass is 9.85. The molecule has 0 bridgehead atoms. The van der Waals surface area contributed by atoms with Crippen LogP contribution in [0, 0.1) is 11.8 Å². The van der Waals surface area contributed by atoms with Crippen molar-refractivity contribution in [3.05, 3.63) is 0 Å². The number of hydrogen-bond acceptors (Lipinski definition) is 3. The van der Waals surface area contributed by atoms with E-state index in [0.717, 1.165) is 31.3 Å². The molecule has 3 heteroatoms. The second kappa shape index (κ2) is 7.24. The highest BCUT2D eigenvalue weighted by atomic mass is 16.3. The number of rotatable bonds is 9. The van der Waals surface area contributed by atoms with Gasteiger partial charge in [-0.05, 0) is 77.4 Å². The molecule has 0 aromatic heterocycles. The molecule has 0 aliphatic heterocycles. The Bertz CT molecular complexity index is 293. The first-order valence-corrected chi connectivity index (χ1v) is 8.69. The lowest BCUT2D eigenvalue weighted by molar-refractivity contribution is 0.108. The molecule has 118 valence electrons. The van der Waals surface area contributed by atoms with Crippen molar-refractivity contribution >= 4 is 0 Å². The SMILES string of the molecule is CCCNC1(CO)CCCC1CCN(C)C(C)C1CC1. The quantitative estimate of drug-likeness (QED) is 0.682. The van der Waals surface area contributed by atoms with Gasteiger partial charge in [0.2, 0.25) is 0 Å². The minimum Gasteiger partial charge on any atom is -0.394 e. The van der Waals surface area contributed by atoms with Crippen LogP contribution in [0.15, 0.2) is 0 Å². The van der Waals surface area contributed by atoms with Crippen LogP contribution in [0.5, 0.6) is 0 Å². The van der Waals surface area contributed by atoms with Gasteiger partial charge in [-0.1, -0.05) is 13.3 Å². The van der Waals surface area contributed by atoms with Crippen LogP contribution in [-0.2, 0) is 0 Å². The zero-order valence-corrected chi connectivity index (χ0v) is 13.7. The van der Waals surface area contributed by atoms with E-state index < -0.39 is 0 Å². The van der Waals surface area contributed by atoms with Crippen LogP contribution in [0.25, 0.3) is 0 Å². The third kappa shape index (κ3) is 3.75. The smallest absolute Gasteiger partial charge is 0.0616 e. The number of hydrogen-bond donors (Lipinski definition) is 2. The second-order valence-corrected chi connectivity index (χ2v) is 7.18. The number of aliphatic hydroxyl groups excluding tert-OH is 1. The summed E-state index contributed by atoms with van der Waals surface area (Å²) < 4.78 is 0. The highest BCUT2D eigenvalue weighted by molar-refractivity contribution is 4.99. The topological polar surface area (TPSA) is 35.5 Å². The van der Waals surface area contributed by atoms with E-state index in [1.165, 1.54) is 38.6 Å². The number of aliphatic hydroxyl groups is 1. The third-order valence-corrected chi connectivity index (χ3v) is 5.80. The zero-order chi connectivity index (χ0) is 14.6. The fraction of sp³-hybridized carbons (Fsp3) is 1.00. The van der Waals surface area contributed by atoms with Crippen molar-refractivity contribution < 1.29 is 5.11 Å². The van der Waals surface area contributed by atoms with Gasteiger partial charge in [0.15, 0.2) is 0 Å². The van der Waals surface area contributed by atoms with E-state index in [9.17, 15) is 5.11 Å². The Kier molecular flexibility index (Phi) is 5.88. The maximum atomic E-state index is 9.91. The van der Waals surface area contributed by atoms with Crippen LogP contribution < -0.4 is 5.32 Å². The average molecular weight is 282 g/mol. The van der Waals surface area contributed by atoms with Gasteiger partial charge in [0.25, 0.3) is 0 Å². The minimum atomic E-state index is 0.0136. The van der Waals surface area contributed by atoms with Gasteiger partial charge in [-0.3, -0.25) is 0 Å². The summed E-state index contributed by atoms with van der Waals surface area (Å²) in [5, 5.41) is 13.6. The second-order valence-electron chi connectivity index (χ2n) is 7.18. The standard InChI is InChI=1S/C17H34N2O/c1-4-11-18-17(13-20)10-5-6-16(17)9-12-19(3)14(2)15-7-8-15/h14-16,18,20H,4-13H2,1-3H3. The molecule has 0 aromatic carbocycles. The normalized spacial score (nSPS) is 31.9. The van der Waals surface area contributed by atoms with Crippen LogP contribution in [0.4, 0.5) is 0 Å². The molecule has 20 heavy (non-hydrogen) atoms. The van der Waals surface area contributed by atoms with E-state index in [0.29, 0.717) is 12.5 Å². The van der Waals surface area contributed by atoms with E-state index >= 15 is 0 Å². The van der Waals surface area contributed by atoms with Gasteiger partial charge in [0.1, 0.15) is 0 Å². The fourth-order valence-electron chi connectivity index (χ4n) is 3.94. The van der Waals surface area contributed by atoms with Gasteiger partial charge >= 0.3 is 0 Å². The molecular weight excluding hydrogens is 248 g/mol. The molecule has 2 rings (SSSR count). The predicted molar refractivity (Wildman–Crippen MR) is 84.9 cm³/mol. The fourth-order valence-corrected chi connectivity index (χ4v) is 3.94. The van der Waals surface area contributed by atoms with Crippen molar-refractivity contribution in [1.29, 1.82) is 0 Å². The zero-order valence-electron chi connectivity index (χ0n) is 13.7. The minimum absolute atomic E-state index is 0.0136. The predicted octanol–water partition coefficient (Wildman–Crippen LogP) is 2.64. The molecule has 2 saturated carbocycles. The van der Waals surface area contributed by atoms with Crippen molar-refractivity contribution in [1.82, 2.24) is 10.2 Å². The molecule has 0 saturated heterocycles. The highest BCUT2D eigenvalue weighted by Crippen LogP contribution is 2.39. The monoisotopic (exact) mass is 282 g/mol. The van der Waals surface area contributed by atoms with E-state index in [-0.39, 0.29) is 5.54 Å². The molecular formula is C17H34N2O. The lowest BCUT2D eigenvalue weighted by Gasteiger charge is -2.36. The maximum absolute atomic E-state index is 9.91. The van der Waals surface area contributed by atoms with Crippen LogP contribution in [0.3, 0.4) is 0 Å². The van der Waals surface area contributed by atoms with E-state index in [4.69, 9.17) is 0 Å². The summed E-state index contributed by atoms with van der Waals surface area (Å²) in [6.45, 7) is 7.09. The highest BCUT2D eigenvalue weighted by Gasteiger charge is 2.41. The number of nitrogens with zero attached hydrogens (tertiary/aromatic N) is 1. The molecule has 3 atom stereocenters. The molecule has 0 spiro atoms. The Morgan fingerprint density at radius 3 is 2.70 bits per heavy atom. The van der Waals surface area contributed by atoms with E-state index in [1.54, 1.807) is 0 Å². The van der Waals surface area contributed by atoms with Crippen molar-refractivity contribution in [3.63, 3.8) is 0 Å². The Hall–Kier alpha value is -0.120. The first-order valence-electron chi connectivity index (χ1n) is 8.69. The summed E-state index contributed by atoms with van der Waals surface area (Å²) in [6.07, 6.45) is 8.92. The molecule has 2 fully saturated rings. The van der Waals surface area contributed by atoms with E-state index in [2.05, 4.69) is 31.1 Å². The van der Waals surface area contributed by atoms with Crippen molar-refractivity contribution in [3.8, 4) is 0 Å². The van der Waals surface area contributed by atoms with Crippen molar-refractivity contribution in [2.24, 2.45) is 11.8 Å². The Morgan fingerprint density at radius 2 is 2.10 bits per heavy atom. The lowest BCUT2D eigenvalue weighted by Crippen LogP contribution is -2.52. The molecule has 0 radical (unpaired) electrons. The summed E-state index contributed by atoms with van der Waals surface area (Å²) in [5.74, 6) is 1.59. The molecule has 3 nitrogen and oxygen atoms in total. The van der Waals surface area contributed by atoms with Crippen molar-refractivity contribution in [2.75, 3.05) is 26.7 Å². The molecule has 2 aliphatic carbocycles. The summed E-state index contributed by atoms with van der Waals surface area (Å²) in [4.78, 5) is 2.54. The summed E-state index contributed by atoms with van der Waals surface area (Å²) >= 11 is 0. The largest absolute Gasteiger partial charge is 0.394 e. The Labute approximate surface area is 125 Å². The molecule has 0 amide bonds. The van der Waals surface area contributed by atoms with Gasteiger partial charge in [0.05, 0.1) is 6.61 Å². The van der Waals surface area contributed by atoms with Crippen LogP contribution in [-0.4, -0.2) is 48.3 Å². The van der Waals surface area contributed by atoms with Crippen LogP contribution >= 0.6 is 0 Å². The Morgan fingerprint density at radius 1 is 1.35 bits per heavy atom. The summed E-state index contributed by atoms with van der Waals surface area (Å²) in [6, 6.07) is 0.739. The molecule has 0 heterocycles. The molecule has 2 aliphatic rings. The third-order valence-electron chi connectivity index (χ3n) is 5.80. The van der Waals surface area contributed by atoms with Gasteiger partial charge < -0.3 is 15.3 Å². The van der Waals surface area contributed by atoms with Gasteiger partial charge in [-0.25, -0.2) is 0 Å². The average Bonchev–Trinajstić information content (AvgIpc) is 3.23. The van der Waals surface area contributed by atoms with Crippen LogP contribution in [0.1, 0.15) is 58.8 Å². The Balaban J connectivity index is 1.83. The van der Waals surface area contributed by atoms with Crippen molar-refractivity contribution in [2.45, 2.75) is 70.4 Å². The molecule has 2 N–H and O–H groups in total. The number of nitrogens with one attached hydrogen (secondary N) is 1. The van der Waals surface area contributed by atoms with Gasteiger partial charge in [0, 0.05) is 11.6 Å². The van der Waals surface area contributed by atoms with Gasteiger partial charge in [-0.2, -0.15) is 0 Å². The first kappa shape index (κ1) is 16.3. The van der Waals surface area contributed by atoms with E-state index in [1.807, 2.05) is 0 Å².